The predicted octanol–water partition coefficient (Wildman–Crippen LogP) is 7.23. The van der Waals surface area contributed by atoms with Crippen molar-refractivity contribution in [2.45, 2.75) is 111 Å². The molecule has 57 heavy (non-hydrogen) atoms. The number of nitrogens with one attached hydrogen (secondary N) is 2. The van der Waals surface area contributed by atoms with Crippen LogP contribution in [0.5, 0.6) is 0 Å². The summed E-state index contributed by atoms with van der Waals surface area (Å²) in [5, 5.41) is 15.5. The molecule has 0 aliphatic carbocycles. The summed E-state index contributed by atoms with van der Waals surface area (Å²) in [6.07, 6.45) is 2.36. The molecule has 308 valence electrons. The summed E-state index contributed by atoms with van der Waals surface area (Å²) in [5.41, 5.74) is 9.13. The number of carbonyl (C=O) groups is 3. The highest BCUT2D eigenvalue weighted by Crippen LogP contribution is 2.41. The molecule has 3 N–H and O–H groups in total. The number of alkyl carbamates (subject to hydrolysis) is 1. The highest BCUT2D eigenvalue weighted by Gasteiger charge is 2.34. The van der Waals surface area contributed by atoms with Crippen molar-refractivity contribution in [3.05, 3.63) is 77.1 Å². The number of aliphatic hydroxyl groups is 1. The van der Waals surface area contributed by atoms with Crippen molar-refractivity contribution in [2.75, 3.05) is 27.4 Å². The molecule has 13 heteroatoms. The lowest BCUT2D eigenvalue weighted by Gasteiger charge is -2.35. The fourth-order valence-electron chi connectivity index (χ4n) is 7.46. The first-order chi connectivity index (χ1) is 27.0. The van der Waals surface area contributed by atoms with Crippen LogP contribution in [0.15, 0.2) is 54.7 Å². The van der Waals surface area contributed by atoms with Gasteiger partial charge in [-0.2, -0.15) is 0 Å². The van der Waals surface area contributed by atoms with Crippen LogP contribution in [0.25, 0.3) is 33.3 Å². The van der Waals surface area contributed by atoms with Gasteiger partial charge in [-0.1, -0.05) is 32.0 Å². The topological polar surface area (TPSA) is 144 Å². The van der Waals surface area contributed by atoms with Crippen LogP contribution >= 0.6 is 0 Å². The minimum absolute atomic E-state index is 0.0191. The number of aryl methyl sites for hydroxylation is 1. The van der Waals surface area contributed by atoms with Gasteiger partial charge in [0, 0.05) is 55.9 Å². The molecule has 0 bridgehead atoms. The van der Waals surface area contributed by atoms with Gasteiger partial charge in [-0.3, -0.25) is 19.6 Å². The molecule has 3 atom stereocenters. The van der Waals surface area contributed by atoms with E-state index in [1.807, 2.05) is 39.0 Å². The van der Waals surface area contributed by atoms with Crippen LogP contribution < -0.4 is 10.7 Å². The van der Waals surface area contributed by atoms with Crippen LogP contribution in [0.4, 0.5) is 9.18 Å². The van der Waals surface area contributed by atoms with Crippen molar-refractivity contribution in [2.24, 2.45) is 5.41 Å². The summed E-state index contributed by atoms with van der Waals surface area (Å²) in [4.78, 5) is 44.3. The maximum Gasteiger partial charge on any atom is 0.408 e. The highest BCUT2D eigenvalue weighted by atomic mass is 19.1. The maximum atomic E-state index is 14.6. The van der Waals surface area contributed by atoms with E-state index in [0.29, 0.717) is 43.5 Å². The number of pyridine rings is 1. The summed E-state index contributed by atoms with van der Waals surface area (Å²) in [7, 11) is 2.96. The second kappa shape index (κ2) is 18.2. The van der Waals surface area contributed by atoms with E-state index < -0.39 is 47.7 Å². The molecule has 4 aromatic rings. The van der Waals surface area contributed by atoms with E-state index in [4.69, 9.17) is 19.2 Å². The molecule has 3 heterocycles. The number of hydrogen-bond donors (Lipinski definition) is 3. The van der Waals surface area contributed by atoms with Gasteiger partial charge in [0.25, 0.3) is 5.91 Å². The molecule has 2 amide bonds. The van der Waals surface area contributed by atoms with E-state index in [1.54, 1.807) is 46.2 Å². The highest BCUT2D eigenvalue weighted by molar-refractivity contribution is 5.95. The maximum absolute atomic E-state index is 14.6. The summed E-state index contributed by atoms with van der Waals surface area (Å²) < 4.78 is 33.1. The van der Waals surface area contributed by atoms with Gasteiger partial charge in [0.05, 0.1) is 24.6 Å². The molecule has 12 nitrogen and oxygen atoms in total. The molecular formula is C44H58FN5O7. The van der Waals surface area contributed by atoms with Crippen molar-refractivity contribution < 1.29 is 38.1 Å². The summed E-state index contributed by atoms with van der Waals surface area (Å²) in [6.45, 7) is 13.6. The molecule has 2 aromatic heterocycles. The molecule has 0 spiro atoms. The van der Waals surface area contributed by atoms with Gasteiger partial charge in [0.2, 0.25) is 0 Å². The van der Waals surface area contributed by atoms with Crippen molar-refractivity contribution in [1.82, 2.24) is 25.3 Å². The van der Waals surface area contributed by atoms with Crippen LogP contribution in [0.3, 0.4) is 0 Å². The Kier molecular flexibility index (Phi) is 13.8. The van der Waals surface area contributed by atoms with E-state index in [9.17, 15) is 23.9 Å². The van der Waals surface area contributed by atoms with E-state index in [-0.39, 0.29) is 19.1 Å². The number of alkyl halides is 1. The number of halogens is 1. The number of ether oxygens (including phenoxy) is 3. The number of amides is 2. The van der Waals surface area contributed by atoms with Gasteiger partial charge in [-0.05, 0) is 117 Å². The normalized spacial score (nSPS) is 16.0. The molecule has 2 aromatic carbocycles. The Hall–Kier alpha value is -4.85. The third-order valence-electron chi connectivity index (χ3n) is 10.3. The van der Waals surface area contributed by atoms with E-state index in [0.717, 1.165) is 44.5 Å². The van der Waals surface area contributed by atoms with Gasteiger partial charge in [-0.25, -0.2) is 14.6 Å². The number of nitrogens with zero attached hydrogens (tertiary/aromatic N) is 3. The van der Waals surface area contributed by atoms with E-state index in [2.05, 4.69) is 40.4 Å². The SMILES string of the molecule is CCn1c(-c2cccnc2[C@H](C)OC)c(CC(C)(C)CO)c2cc(-c3cc(CF)cc(C[C@H](NC(=O)OC(C)(C)C)C(=O)N4CCC[C@@H](C(=O)OC)N4)c3)ccc21. The Morgan fingerprint density at radius 1 is 1.05 bits per heavy atom. The molecule has 0 unspecified atom stereocenters. The number of aliphatic hydroxyl groups excluding tert-OH is 1. The van der Waals surface area contributed by atoms with Crippen molar-refractivity contribution in [3.8, 4) is 22.4 Å². The van der Waals surface area contributed by atoms with Crippen LogP contribution in [0.2, 0.25) is 0 Å². The number of methoxy groups -OCH3 is 2. The van der Waals surface area contributed by atoms with Gasteiger partial charge in [0.15, 0.2) is 0 Å². The Morgan fingerprint density at radius 3 is 2.44 bits per heavy atom. The van der Waals surface area contributed by atoms with Gasteiger partial charge in [-0.15, -0.1) is 0 Å². The van der Waals surface area contributed by atoms with Crippen molar-refractivity contribution >= 4 is 28.9 Å². The molecule has 1 saturated heterocycles. The van der Waals surface area contributed by atoms with Crippen LogP contribution in [0, 0.1) is 5.41 Å². The zero-order valence-corrected chi connectivity index (χ0v) is 34.7. The zero-order valence-electron chi connectivity index (χ0n) is 34.7. The number of aromatic nitrogens is 2. The quantitative estimate of drug-likeness (QED) is 0.113. The standard InChI is InChI=1S/C44H58FN5O7/c1-10-49-37-16-15-30(23-33(37)34(24-44(6,7)26-51)39(49)32-13-11-17-46-38(32)27(2)55-8)31-20-28(19-29(21-31)25-45)22-36(47-42(54)57-43(3,4)5)40(52)50-18-12-14-35(48-50)41(53)56-9/h11,13,15-17,19-21,23,27,35-36,48,51H,10,12,14,18,22,24-26H2,1-9H3,(H,47,54)/t27-,35-,36-/m0/s1. The fraction of sp³-hybridized carbons (Fsp3) is 0.500. The van der Waals surface area contributed by atoms with Gasteiger partial charge >= 0.3 is 12.1 Å². The Morgan fingerprint density at radius 2 is 1.79 bits per heavy atom. The number of fused-ring (bicyclic) bond motifs is 1. The monoisotopic (exact) mass is 787 g/mol. The smallest absolute Gasteiger partial charge is 0.408 e. The number of hydrogen-bond acceptors (Lipinski definition) is 9. The average molecular weight is 788 g/mol. The van der Waals surface area contributed by atoms with Gasteiger partial charge < -0.3 is 29.2 Å². The number of rotatable bonds is 14. The zero-order chi connectivity index (χ0) is 41.7. The lowest BCUT2D eigenvalue weighted by molar-refractivity contribution is -0.150. The van der Waals surface area contributed by atoms with Crippen LogP contribution in [0.1, 0.15) is 89.8 Å². The molecule has 5 rings (SSSR count). The number of hydrazine groups is 1. The third kappa shape index (κ3) is 10.2. The molecule has 1 aliphatic heterocycles. The molecule has 0 radical (unpaired) electrons. The Labute approximate surface area is 335 Å². The molecule has 0 saturated carbocycles. The Bertz CT molecular complexity index is 2070. The van der Waals surface area contributed by atoms with Crippen LogP contribution in [-0.4, -0.2) is 82.7 Å². The lowest BCUT2D eigenvalue weighted by atomic mass is 9.84. The van der Waals surface area contributed by atoms with Crippen molar-refractivity contribution in [3.63, 3.8) is 0 Å². The minimum atomic E-state index is -1.11. The molecule has 1 fully saturated rings. The van der Waals surface area contributed by atoms with Crippen molar-refractivity contribution in [1.29, 1.82) is 0 Å². The first kappa shape index (κ1) is 43.3. The number of esters is 1. The fourth-order valence-corrected chi connectivity index (χ4v) is 7.46. The average Bonchev–Trinajstić information content (AvgIpc) is 3.50. The largest absolute Gasteiger partial charge is 0.468 e. The Balaban J connectivity index is 1.61. The van der Waals surface area contributed by atoms with Crippen LogP contribution in [-0.2, 0) is 49.9 Å². The predicted molar refractivity (Wildman–Crippen MR) is 218 cm³/mol. The second-order valence-electron chi connectivity index (χ2n) is 16.5. The van der Waals surface area contributed by atoms with Gasteiger partial charge in [0.1, 0.15) is 24.4 Å². The summed E-state index contributed by atoms with van der Waals surface area (Å²) >= 11 is 0. The number of carbonyl (C=O) groups excluding carboxylic acids is 3. The first-order valence-corrected chi connectivity index (χ1v) is 19.6. The first-order valence-electron chi connectivity index (χ1n) is 19.6. The third-order valence-corrected chi connectivity index (χ3v) is 10.3. The number of benzene rings is 2. The molecule has 1 aliphatic rings. The van der Waals surface area contributed by atoms with E-state index >= 15 is 0 Å². The summed E-state index contributed by atoms with van der Waals surface area (Å²) in [5.74, 6) is -0.957. The molecular weight excluding hydrogens is 730 g/mol. The lowest BCUT2D eigenvalue weighted by Crippen LogP contribution is -2.60. The second-order valence-corrected chi connectivity index (χ2v) is 16.5. The minimum Gasteiger partial charge on any atom is -0.468 e. The van der Waals surface area contributed by atoms with E-state index in [1.165, 1.54) is 12.1 Å². The summed E-state index contributed by atoms with van der Waals surface area (Å²) in [6, 6.07) is 13.7.